The van der Waals surface area contributed by atoms with E-state index in [9.17, 15) is 0 Å². The molecule has 1 aliphatic carbocycles. The number of rotatable bonds is 3. The molecule has 1 aromatic heterocycles. The maximum atomic E-state index is 8.68. The highest BCUT2D eigenvalue weighted by molar-refractivity contribution is 5.31. The van der Waals surface area contributed by atoms with Crippen molar-refractivity contribution in [2.24, 2.45) is 5.92 Å². The van der Waals surface area contributed by atoms with E-state index >= 15 is 0 Å². The second kappa shape index (κ2) is 3.67. The molecule has 14 heavy (non-hydrogen) atoms. The molecule has 0 radical (unpaired) electrons. The van der Waals surface area contributed by atoms with Crippen molar-refractivity contribution in [3.05, 3.63) is 23.9 Å². The van der Waals surface area contributed by atoms with E-state index in [0.717, 1.165) is 0 Å². The Kier molecular flexibility index (Phi) is 2.36. The van der Waals surface area contributed by atoms with E-state index in [1.54, 1.807) is 18.3 Å². The van der Waals surface area contributed by atoms with Gasteiger partial charge in [0.1, 0.15) is 6.10 Å². The Balaban J connectivity index is 2.04. The van der Waals surface area contributed by atoms with Gasteiger partial charge in [-0.1, -0.05) is 0 Å². The van der Waals surface area contributed by atoms with Crippen LogP contribution in [0.15, 0.2) is 18.3 Å². The number of ether oxygens (including phenoxy) is 1. The van der Waals surface area contributed by atoms with Gasteiger partial charge in [-0.05, 0) is 31.7 Å². The van der Waals surface area contributed by atoms with Crippen LogP contribution in [0.1, 0.15) is 25.3 Å². The van der Waals surface area contributed by atoms with Gasteiger partial charge < -0.3 is 4.74 Å². The molecule has 1 aromatic rings. The third kappa shape index (κ3) is 2.02. The van der Waals surface area contributed by atoms with Crippen molar-refractivity contribution in [3.63, 3.8) is 0 Å². The zero-order valence-electron chi connectivity index (χ0n) is 8.10. The molecule has 1 heterocycles. The molecular formula is C11H12N2O. The minimum Gasteiger partial charge on any atom is -0.474 e. The number of aromatic nitrogens is 1. The number of pyridine rings is 1. The van der Waals surface area contributed by atoms with Gasteiger partial charge in [0.2, 0.25) is 5.88 Å². The van der Waals surface area contributed by atoms with Gasteiger partial charge in [0, 0.05) is 12.3 Å². The van der Waals surface area contributed by atoms with Gasteiger partial charge in [0.15, 0.2) is 0 Å². The standard InChI is InChI=1S/C11H12N2O/c1-8(10-2-3-10)14-11-6-9(7-12)4-5-13-11/h4-6,8,10H,2-3H2,1H3. The van der Waals surface area contributed by atoms with Crippen LogP contribution < -0.4 is 4.74 Å². The summed E-state index contributed by atoms with van der Waals surface area (Å²) >= 11 is 0. The molecule has 72 valence electrons. The first-order valence-corrected chi connectivity index (χ1v) is 4.82. The van der Waals surface area contributed by atoms with Crippen LogP contribution in [-0.4, -0.2) is 11.1 Å². The highest BCUT2D eigenvalue weighted by Crippen LogP contribution is 2.34. The van der Waals surface area contributed by atoms with Crippen LogP contribution in [0.25, 0.3) is 0 Å². The molecule has 1 fully saturated rings. The van der Waals surface area contributed by atoms with Crippen LogP contribution in [0, 0.1) is 17.2 Å². The van der Waals surface area contributed by atoms with Gasteiger partial charge in [-0.25, -0.2) is 4.98 Å². The lowest BCUT2D eigenvalue weighted by Gasteiger charge is -2.12. The fourth-order valence-electron chi connectivity index (χ4n) is 1.40. The monoisotopic (exact) mass is 188 g/mol. The number of nitrogens with zero attached hydrogens (tertiary/aromatic N) is 2. The average Bonchev–Trinajstić information content (AvgIpc) is 3.01. The van der Waals surface area contributed by atoms with Gasteiger partial charge in [0.25, 0.3) is 0 Å². The Morgan fingerprint density at radius 2 is 2.43 bits per heavy atom. The Labute approximate surface area is 83.3 Å². The SMILES string of the molecule is CC(Oc1cc(C#N)ccn1)C1CC1. The van der Waals surface area contributed by atoms with E-state index in [4.69, 9.17) is 10.00 Å². The molecule has 0 aromatic carbocycles. The van der Waals surface area contributed by atoms with E-state index in [1.165, 1.54) is 12.8 Å². The summed E-state index contributed by atoms with van der Waals surface area (Å²) < 4.78 is 5.62. The van der Waals surface area contributed by atoms with Crippen LogP contribution in [0.5, 0.6) is 5.88 Å². The number of nitriles is 1. The summed E-state index contributed by atoms with van der Waals surface area (Å²) in [4.78, 5) is 4.06. The molecule has 1 atom stereocenters. The average molecular weight is 188 g/mol. The largest absolute Gasteiger partial charge is 0.474 e. The van der Waals surface area contributed by atoms with Crippen LogP contribution >= 0.6 is 0 Å². The Bertz CT molecular complexity index is 366. The summed E-state index contributed by atoms with van der Waals surface area (Å²) in [6.45, 7) is 2.05. The summed E-state index contributed by atoms with van der Waals surface area (Å²) in [5.41, 5.74) is 0.595. The van der Waals surface area contributed by atoms with Crippen LogP contribution in [0.4, 0.5) is 0 Å². The van der Waals surface area contributed by atoms with Crippen LogP contribution in [-0.2, 0) is 0 Å². The first-order chi connectivity index (χ1) is 6.79. The van der Waals surface area contributed by atoms with E-state index in [1.807, 2.05) is 0 Å². The molecule has 0 amide bonds. The molecule has 1 saturated carbocycles. The lowest BCUT2D eigenvalue weighted by Crippen LogP contribution is -2.14. The zero-order valence-corrected chi connectivity index (χ0v) is 8.10. The van der Waals surface area contributed by atoms with Crippen molar-refractivity contribution in [2.75, 3.05) is 0 Å². The van der Waals surface area contributed by atoms with Crippen molar-refractivity contribution in [2.45, 2.75) is 25.9 Å². The van der Waals surface area contributed by atoms with Gasteiger partial charge in [-0.3, -0.25) is 0 Å². The summed E-state index contributed by atoms with van der Waals surface area (Å²) in [6, 6.07) is 5.42. The fraction of sp³-hybridized carbons (Fsp3) is 0.455. The van der Waals surface area contributed by atoms with E-state index in [0.29, 0.717) is 17.4 Å². The molecule has 1 unspecified atom stereocenters. The van der Waals surface area contributed by atoms with E-state index in [2.05, 4.69) is 18.0 Å². The van der Waals surface area contributed by atoms with Crippen LogP contribution in [0.3, 0.4) is 0 Å². The summed E-state index contributed by atoms with van der Waals surface area (Å²) in [5, 5.41) is 8.68. The summed E-state index contributed by atoms with van der Waals surface area (Å²) in [5.74, 6) is 1.24. The quantitative estimate of drug-likeness (QED) is 0.730. The predicted molar refractivity (Wildman–Crippen MR) is 51.8 cm³/mol. The van der Waals surface area contributed by atoms with Crippen molar-refractivity contribution in [3.8, 4) is 11.9 Å². The minimum absolute atomic E-state index is 0.219. The molecule has 3 nitrogen and oxygen atoms in total. The highest BCUT2D eigenvalue weighted by atomic mass is 16.5. The Morgan fingerprint density at radius 1 is 1.64 bits per heavy atom. The smallest absolute Gasteiger partial charge is 0.214 e. The molecule has 0 saturated heterocycles. The second-order valence-electron chi connectivity index (χ2n) is 3.65. The summed E-state index contributed by atoms with van der Waals surface area (Å²) in [6.07, 6.45) is 4.32. The van der Waals surface area contributed by atoms with E-state index < -0.39 is 0 Å². The normalized spacial score (nSPS) is 17.1. The lowest BCUT2D eigenvalue weighted by atomic mass is 10.2. The third-order valence-electron chi connectivity index (χ3n) is 2.46. The van der Waals surface area contributed by atoms with Crippen molar-refractivity contribution < 1.29 is 4.74 Å². The summed E-state index contributed by atoms with van der Waals surface area (Å²) in [7, 11) is 0. The third-order valence-corrected chi connectivity index (χ3v) is 2.46. The number of hydrogen-bond acceptors (Lipinski definition) is 3. The van der Waals surface area contributed by atoms with Gasteiger partial charge >= 0.3 is 0 Å². The van der Waals surface area contributed by atoms with Crippen LogP contribution in [0.2, 0.25) is 0 Å². The van der Waals surface area contributed by atoms with Gasteiger partial charge in [-0.15, -0.1) is 0 Å². The number of hydrogen-bond donors (Lipinski definition) is 0. The van der Waals surface area contributed by atoms with Gasteiger partial charge in [0.05, 0.1) is 11.6 Å². The molecule has 1 aliphatic rings. The molecule has 3 heteroatoms. The maximum absolute atomic E-state index is 8.68. The fourth-order valence-corrected chi connectivity index (χ4v) is 1.40. The van der Waals surface area contributed by atoms with E-state index in [-0.39, 0.29) is 6.10 Å². The molecule has 0 aliphatic heterocycles. The minimum atomic E-state index is 0.219. The molecule has 0 bridgehead atoms. The van der Waals surface area contributed by atoms with Crippen molar-refractivity contribution in [1.29, 1.82) is 5.26 Å². The molecule has 0 N–H and O–H groups in total. The molecular weight excluding hydrogens is 176 g/mol. The van der Waals surface area contributed by atoms with Crippen molar-refractivity contribution in [1.82, 2.24) is 4.98 Å². The maximum Gasteiger partial charge on any atom is 0.214 e. The molecule has 2 rings (SSSR count). The lowest BCUT2D eigenvalue weighted by molar-refractivity contribution is 0.190. The highest BCUT2D eigenvalue weighted by Gasteiger charge is 2.29. The molecule has 0 spiro atoms. The van der Waals surface area contributed by atoms with Crippen molar-refractivity contribution >= 4 is 0 Å². The second-order valence-corrected chi connectivity index (χ2v) is 3.65. The first kappa shape index (κ1) is 9.01. The zero-order chi connectivity index (χ0) is 9.97. The first-order valence-electron chi connectivity index (χ1n) is 4.82. The Hall–Kier alpha value is -1.56. The Morgan fingerprint density at radius 3 is 3.07 bits per heavy atom. The predicted octanol–water partition coefficient (Wildman–Crippen LogP) is 2.13. The van der Waals surface area contributed by atoms with Gasteiger partial charge in [-0.2, -0.15) is 5.26 Å². The topological polar surface area (TPSA) is 45.9 Å².